The van der Waals surface area contributed by atoms with Gasteiger partial charge in [-0.15, -0.1) is 0 Å². The smallest absolute Gasteiger partial charge is 0.336 e. The van der Waals surface area contributed by atoms with E-state index in [1.807, 2.05) is 0 Å². The molecule has 0 aliphatic rings. The molecule has 6 heteroatoms. The number of esters is 1. The van der Waals surface area contributed by atoms with E-state index in [-0.39, 0.29) is 17.1 Å². The molecule has 182 valence electrons. The predicted molar refractivity (Wildman–Crippen MR) is 127 cm³/mol. The Labute approximate surface area is 193 Å². The summed E-state index contributed by atoms with van der Waals surface area (Å²) in [6.07, 6.45) is 16.8. The van der Waals surface area contributed by atoms with Crippen molar-refractivity contribution >= 4 is 17.9 Å². The molecule has 0 aliphatic heterocycles. The number of hydrogen-bond acceptors (Lipinski definition) is 4. The molecule has 0 saturated carbocycles. The largest absolute Gasteiger partial charge is 0.478 e. The molecule has 32 heavy (non-hydrogen) atoms. The Hall–Kier alpha value is -2.37. The lowest BCUT2D eigenvalue weighted by Gasteiger charge is -2.05. The number of carboxylic acids is 2. The molecule has 1 rings (SSSR count). The summed E-state index contributed by atoms with van der Waals surface area (Å²) in [5.74, 6) is -2.45. The maximum atomic E-state index is 11.5. The third-order valence-electron chi connectivity index (χ3n) is 5.13. The molecular weight excluding hydrogens is 408 g/mol. The summed E-state index contributed by atoms with van der Waals surface area (Å²) in [5.41, 5.74) is -0.380. The first kappa shape index (κ1) is 29.6. The van der Waals surface area contributed by atoms with E-state index in [1.54, 1.807) is 0 Å². The van der Waals surface area contributed by atoms with Crippen molar-refractivity contribution in [1.29, 1.82) is 0 Å². The third kappa shape index (κ3) is 16.3. The second kappa shape index (κ2) is 20.5. The number of rotatable bonds is 17. The Balaban J connectivity index is 0.000000677. The normalized spacial score (nSPS) is 10.2. The molecule has 0 spiro atoms. The van der Waals surface area contributed by atoms with Crippen LogP contribution in [0.15, 0.2) is 24.3 Å². The lowest BCUT2D eigenvalue weighted by Crippen LogP contribution is -2.06. The second-order valence-corrected chi connectivity index (χ2v) is 8.02. The minimum absolute atomic E-state index is 0.00659. The first-order valence-corrected chi connectivity index (χ1v) is 12.1. The maximum absolute atomic E-state index is 11.5. The molecule has 1 aromatic rings. The standard InChI is InChI=1S/C18H36O2.C8H6O4/c1-3-5-7-9-11-12-14-16-18(19)20-17-15-13-10-8-6-4-2;9-7(10)5-3-1-2-4-6(5)8(11)12/h3-17H2,1-2H3;1-4H,(H,9,10)(H,11,12). The molecule has 1 aromatic carbocycles. The molecule has 0 bridgehead atoms. The Bertz CT molecular complexity index is 588. The molecule has 0 fully saturated rings. The molecule has 0 aromatic heterocycles. The van der Waals surface area contributed by atoms with Gasteiger partial charge >= 0.3 is 17.9 Å². The highest BCUT2D eigenvalue weighted by Gasteiger charge is 2.13. The van der Waals surface area contributed by atoms with Crippen molar-refractivity contribution in [2.45, 2.75) is 104 Å². The van der Waals surface area contributed by atoms with Crippen molar-refractivity contribution in [2.24, 2.45) is 0 Å². The molecule has 0 heterocycles. The molecule has 0 atom stereocenters. The van der Waals surface area contributed by atoms with Crippen molar-refractivity contribution < 1.29 is 29.3 Å². The number of carbonyl (C=O) groups is 3. The van der Waals surface area contributed by atoms with Gasteiger partial charge in [-0.05, 0) is 25.0 Å². The zero-order valence-corrected chi connectivity index (χ0v) is 19.9. The van der Waals surface area contributed by atoms with E-state index in [0.717, 1.165) is 12.8 Å². The van der Waals surface area contributed by atoms with Crippen LogP contribution in [0.1, 0.15) is 124 Å². The predicted octanol–water partition coefficient (Wildman–Crippen LogP) is 7.11. The van der Waals surface area contributed by atoms with Gasteiger partial charge in [0.25, 0.3) is 0 Å². The van der Waals surface area contributed by atoms with Crippen molar-refractivity contribution in [1.82, 2.24) is 0 Å². The summed E-state index contributed by atoms with van der Waals surface area (Å²) < 4.78 is 5.25. The SMILES string of the molecule is CCCCCCCCCC(=O)OCCCCCCCC.O=C(O)c1ccccc1C(=O)O. The zero-order valence-electron chi connectivity index (χ0n) is 19.9. The van der Waals surface area contributed by atoms with Gasteiger partial charge in [-0.2, -0.15) is 0 Å². The fraction of sp³-hybridized carbons (Fsp3) is 0.654. The van der Waals surface area contributed by atoms with E-state index in [1.165, 1.54) is 94.9 Å². The van der Waals surface area contributed by atoms with Crippen LogP contribution in [0, 0.1) is 0 Å². The monoisotopic (exact) mass is 450 g/mol. The number of aromatic carboxylic acids is 2. The zero-order chi connectivity index (χ0) is 24.0. The summed E-state index contributed by atoms with van der Waals surface area (Å²) in [6, 6.07) is 5.48. The molecular formula is C26H42O6. The average molecular weight is 451 g/mol. The van der Waals surface area contributed by atoms with E-state index in [9.17, 15) is 14.4 Å². The lowest BCUT2D eigenvalue weighted by molar-refractivity contribution is -0.143. The van der Waals surface area contributed by atoms with Crippen LogP contribution in [0.4, 0.5) is 0 Å². The minimum atomic E-state index is -1.23. The number of hydrogen-bond donors (Lipinski definition) is 2. The maximum Gasteiger partial charge on any atom is 0.336 e. The van der Waals surface area contributed by atoms with Gasteiger partial charge in [-0.1, -0.05) is 96.6 Å². The highest BCUT2D eigenvalue weighted by molar-refractivity contribution is 6.01. The highest BCUT2D eigenvalue weighted by atomic mass is 16.5. The topological polar surface area (TPSA) is 101 Å². The molecule has 0 unspecified atom stereocenters. The summed E-state index contributed by atoms with van der Waals surface area (Å²) >= 11 is 0. The van der Waals surface area contributed by atoms with E-state index in [0.29, 0.717) is 13.0 Å². The number of unbranched alkanes of at least 4 members (excludes halogenated alkanes) is 11. The van der Waals surface area contributed by atoms with Gasteiger partial charge in [-0.25, -0.2) is 9.59 Å². The van der Waals surface area contributed by atoms with Gasteiger partial charge < -0.3 is 14.9 Å². The van der Waals surface area contributed by atoms with Gasteiger partial charge in [0, 0.05) is 6.42 Å². The van der Waals surface area contributed by atoms with Crippen LogP contribution in [-0.4, -0.2) is 34.7 Å². The Kier molecular flexibility index (Phi) is 19.0. The Morgan fingerprint density at radius 1 is 0.656 bits per heavy atom. The van der Waals surface area contributed by atoms with Crippen molar-refractivity contribution in [3.63, 3.8) is 0 Å². The second-order valence-electron chi connectivity index (χ2n) is 8.02. The lowest BCUT2D eigenvalue weighted by atomic mass is 10.1. The third-order valence-corrected chi connectivity index (χ3v) is 5.13. The summed E-state index contributed by atoms with van der Waals surface area (Å²) in [6.45, 7) is 5.09. The average Bonchev–Trinajstić information content (AvgIpc) is 2.78. The van der Waals surface area contributed by atoms with Crippen LogP contribution in [0.5, 0.6) is 0 Å². The summed E-state index contributed by atoms with van der Waals surface area (Å²) in [4.78, 5) is 32.4. The minimum Gasteiger partial charge on any atom is -0.478 e. The molecule has 0 amide bonds. The molecule has 6 nitrogen and oxygen atoms in total. The number of benzene rings is 1. The van der Waals surface area contributed by atoms with Crippen LogP contribution in [0.2, 0.25) is 0 Å². The quantitative estimate of drug-likeness (QED) is 0.194. The van der Waals surface area contributed by atoms with Gasteiger partial charge in [0.1, 0.15) is 0 Å². The van der Waals surface area contributed by atoms with Gasteiger partial charge in [0.15, 0.2) is 0 Å². The van der Waals surface area contributed by atoms with Gasteiger partial charge in [-0.3, -0.25) is 4.79 Å². The van der Waals surface area contributed by atoms with Crippen LogP contribution >= 0.6 is 0 Å². The van der Waals surface area contributed by atoms with Crippen molar-refractivity contribution in [2.75, 3.05) is 6.61 Å². The number of carbonyl (C=O) groups excluding carboxylic acids is 1. The van der Waals surface area contributed by atoms with E-state index in [2.05, 4.69) is 13.8 Å². The fourth-order valence-corrected chi connectivity index (χ4v) is 3.22. The highest BCUT2D eigenvalue weighted by Crippen LogP contribution is 2.10. The first-order chi connectivity index (χ1) is 15.4. The Morgan fingerprint density at radius 3 is 1.50 bits per heavy atom. The number of ether oxygens (including phenoxy) is 1. The van der Waals surface area contributed by atoms with Crippen LogP contribution in [-0.2, 0) is 9.53 Å². The van der Waals surface area contributed by atoms with Crippen LogP contribution in [0.3, 0.4) is 0 Å². The van der Waals surface area contributed by atoms with E-state index in [4.69, 9.17) is 14.9 Å². The van der Waals surface area contributed by atoms with Gasteiger partial charge in [0.05, 0.1) is 17.7 Å². The fourth-order valence-electron chi connectivity index (χ4n) is 3.22. The Morgan fingerprint density at radius 2 is 1.06 bits per heavy atom. The number of carboxylic acid groups (broad SMARTS) is 2. The first-order valence-electron chi connectivity index (χ1n) is 12.1. The van der Waals surface area contributed by atoms with Crippen LogP contribution < -0.4 is 0 Å². The molecule has 2 N–H and O–H groups in total. The van der Waals surface area contributed by atoms with Crippen LogP contribution in [0.25, 0.3) is 0 Å². The molecule has 0 aliphatic carbocycles. The van der Waals surface area contributed by atoms with Crippen molar-refractivity contribution in [3.05, 3.63) is 35.4 Å². The molecule has 0 saturated heterocycles. The summed E-state index contributed by atoms with van der Waals surface area (Å²) in [5, 5.41) is 17.1. The van der Waals surface area contributed by atoms with Crippen molar-refractivity contribution in [3.8, 4) is 0 Å². The molecule has 0 radical (unpaired) electrons. The van der Waals surface area contributed by atoms with Gasteiger partial charge in [0.2, 0.25) is 0 Å². The summed E-state index contributed by atoms with van der Waals surface area (Å²) in [7, 11) is 0. The van der Waals surface area contributed by atoms with E-state index < -0.39 is 11.9 Å². The van der Waals surface area contributed by atoms with E-state index >= 15 is 0 Å².